The maximum Gasteiger partial charge on any atom is 0.223 e. The van der Waals surface area contributed by atoms with Crippen LogP contribution in [0.5, 0.6) is 0 Å². The lowest BCUT2D eigenvalue weighted by molar-refractivity contribution is -0.0136. The van der Waals surface area contributed by atoms with E-state index in [4.69, 9.17) is 16.3 Å². The summed E-state index contributed by atoms with van der Waals surface area (Å²) in [4.78, 5) is 13.3. The summed E-state index contributed by atoms with van der Waals surface area (Å²) in [6, 6.07) is 3.17. The third-order valence-electron chi connectivity index (χ3n) is 6.42. The van der Waals surface area contributed by atoms with Gasteiger partial charge in [0.1, 0.15) is 11.5 Å². The van der Waals surface area contributed by atoms with Gasteiger partial charge in [-0.25, -0.2) is 14.4 Å². The van der Waals surface area contributed by atoms with Crippen molar-refractivity contribution in [3.8, 4) is 11.3 Å². The highest BCUT2D eigenvalue weighted by Gasteiger charge is 2.40. The molecule has 2 aliphatic rings. The molecule has 1 aromatic heterocycles. The van der Waals surface area contributed by atoms with Gasteiger partial charge in [0.2, 0.25) is 5.95 Å². The average Bonchev–Trinajstić information content (AvgIpc) is 3.03. The number of aliphatic imine (C=N–C) groups is 1. The van der Waals surface area contributed by atoms with E-state index < -0.39 is 6.10 Å². The predicted molar refractivity (Wildman–Crippen MR) is 116 cm³/mol. The van der Waals surface area contributed by atoms with Gasteiger partial charge in [-0.2, -0.15) is 0 Å². The first-order chi connectivity index (χ1) is 14.4. The summed E-state index contributed by atoms with van der Waals surface area (Å²) in [6.07, 6.45) is 3.16. The molecule has 30 heavy (non-hydrogen) atoms. The molecule has 3 heterocycles. The van der Waals surface area contributed by atoms with Crippen molar-refractivity contribution in [3.63, 3.8) is 0 Å². The molecule has 0 amide bonds. The Bertz CT molecular complexity index is 993. The van der Waals surface area contributed by atoms with Crippen LogP contribution in [0.2, 0.25) is 5.02 Å². The van der Waals surface area contributed by atoms with E-state index in [-0.39, 0.29) is 23.9 Å². The van der Waals surface area contributed by atoms with Gasteiger partial charge in [-0.15, -0.1) is 0 Å². The van der Waals surface area contributed by atoms with E-state index in [1.165, 1.54) is 12.3 Å². The molecule has 0 aliphatic carbocycles. The van der Waals surface area contributed by atoms with E-state index in [9.17, 15) is 5.11 Å². The molecule has 8 heteroatoms. The van der Waals surface area contributed by atoms with Gasteiger partial charge in [0, 0.05) is 23.3 Å². The molecule has 0 bridgehead atoms. The number of benzene rings is 1. The Kier molecular flexibility index (Phi) is 5.79. The van der Waals surface area contributed by atoms with E-state index in [0.717, 1.165) is 24.1 Å². The van der Waals surface area contributed by atoms with Crippen LogP contribution in [-0.4, -0.2) is 46.1 Å². The second kappa shape index (κ2) is 8.21. The standard InChI is InChI=1S/C22H26ClFN4O2/c1-4-22(5-2)12(3)26-20-14(22)8-13(9-16(20)24)19-15(23)10-25-21(28-19)27-17-6-7-30-11-18(17)29/h8-10,17-18,29H,4-7,11H2,1-3H3,(H,25,27,28). The number of aliphatic hydroxyl groups is 1. The SMILES string of the molecule is CCC1(CC)C(C)=Nc2c(F)cc(-c3nc(NC4CCOCC4O)ncc3Cl)cc21. The van der Waals surface area contributed by atoms with Crippen molar-refractivity contribution >= 4 is 28.9 Å². The van der Waals surface area contributed by atoms with Crippen molar-refractivity contribution in [1.29, 1.82) is 0 Å². The number of halogens is 2. The molecule has 1 saturated heterocycles. The molecule has 160 valence electrons. The average molecular weight is 433 g/mol. The van der Waals surface area contributed by atoms with Crippen LogP contribution in [0.3, 0.4) is 0 Å². The molecule has 2 N–H and O–H groups in total. The number of hydrogen-bond acceptors (Lipinski definition) is 6. The van der Waals surface area contributed by atoms with Crippen molar-refractivity contribution in [3.05, 3.63) is 34.7 Å². The summed E-state index contributed by atoms with van der Waals surface area (Å²) in [5.41, 5.74) is 2.98. The van der Waals surface area contributed by atoms with Crippen LogP contribution >= 0.6 is 11.6 Å². The second-order valence-corrected chi connectivity index (χ2v) is 8.32. The van der Waals surface area contributed by atoms with Gasteiger partial charge in [-0.3, -0.25) is 4.99 Å². The molecule has 2 aromatic rings. The Morgan fingerprint density at radius 1 is 1.33 bits per heavy atom. The summed E-state index contributed by atoms with van der Waals surface area (Å²) >= 11 is 6.40. The molecule has 2 unspecified atom stereocenters. The van der Waals surface area contributed by atoms with Gasteiger partial charge in [-0.1, -0.05) is 25.4 Å². The van der Waals surface area contributed by atoms with E-state index in [1.54, 1.807) is 0 Å². The van der Waals surface area contributed by atoms with Crippen LogP contribution in [0.15, 0.2) is 23.3 Å². The van der Waals surface area contributed by atoms with Gasteiger partial charge in [0.05, 0.1) is 35.7 Å². The monoisotopic (exact) mass is 432 g/mol. The lowest BCUT2D eigenvalue weighted by Gasteiger charge is -2.29. The van der Waals surface area contributed by atoms with Crippen molar-refractivity contribution in [2.75, 3.05) is 18.5 Å². The van der Waals surface area contributed by atoms with Gasteiger partial charge >= 0.3 is 0 Å². The van der Waals surface area contributed by atoms with E-state index in [0.29, 0.717) is 40.9 Å². The van der Waals surface area contributed by atoms with Crippen LogP contribution in [0.25, 0.3) is 11.3 Å². The lowest BCUT2D eigenvalue weighted by atomic mass is 9.73. The first kappa shape index (κ1) is 21.2. The maximum absolute atomic E-state index is 15.0. The number of aromatic nitrogens is 2. The number of aliphatic hydroxyl groups excluding tert-OH is 1. The van der Waals surface area contributed by atoms with E-state index in [2.05, 4.69) is 34.1 Å². The van der Waals surface area contributed by atoms with Gasteiger partial charge in [-0.05, 0) is 43.9 Å². The quantitative estimate of drug-likeness (QED) is 0.718. The van der Waals surface area contributed by atoms with Crippen LogP contribution in [-0.2, 0) is 10.2 Å². The highest BCUT2D eigenvalue weighted by molar-refractivity contribution is 6.33. The number of nitrogens with one attached hydrogen (secondary N) is 1. The van der Waals surface area contributed by atoms with E-state index >= 15 is 4.39 Å². The number of hydrogen-bond donors (Lipinski definition) is 2. The maximum atomic E-state index is 15.0. The summed E-state index contributed by atoms with van der Waals surface area (Å²) in [6.45, 7) is 6.98. The molecule has 2 atom stereocenters. The second-order valence-electron chi connectivity index (χ2n) is 7.91. The molecule has 2 aliphatic heterocycles. The Morgan fingerprint density at radius 2 is 2.10 bits per heavy atom. The van der Waals surface area contributed by atoms with Crippen LogP contribution in [0.4, 0.5) is 16.0 Å². The Morgan fingerprint density at radius 3 is 2.80 bits per heavy atom. The molecular weight excluding hydrogens is 407 g/mol. The fourth-order valence-electron chi connectivity index (χ4n) is 4.52. The van der Waals surface area contributed by atoms with Crippen molar-refractivity contribution in [2.45, 2.75) is 57.6 Å². The Hall–Kier alpha value is -2.09. The number of nitrogens with zero attached hydrogens (tertiary/aromatic N) is 3. The molecule has 6 nitrogen and oxygen atoms in total. The van der Waals surface area contributed by atoms with Crippen LogP contribution < -0.4 is 5.32 Å². The zero-order valence-electron chi connectivity index (χ0n) is 17.4. The highest BCUT2D eigenvalue weighted by Crippen LogP contribution is 2.47. The fourth-order valence-corrected chi connectivity index (χ4v) is 4.72. The lowest BCUT2D eigenvalue weighted by Crippen LogP contribution is -2.42. The minimum absolute atomic E-state index is 0.214. The molecule has 0 radical (unpaired) electrons. The largest absolute Gasteiger partial charge is 0.389 e. The first-order valence-electron chi connectivity index (χ1n) is 10.3. The molecule has 1 aromatic carbocycles. The third kappa shape index (κ3) is 3.49. The Balaban J connectivity index is 1.73. The molecule has 1 fully saturated rings. The number of fused-ring (bicyclic) bond motifs is 1. The minimum Gasteiger partial charge on any atom is -0.389 e. The van der Waals surface area contributed by atoms with Crippen molar-refractivity contribution < 1.29 is 14.2 Å². The van der Waals surface area contributed by atoms with Gasteiger partial charge < -0.3 is 15.2 Å². The van der Waals surface area contributed by atoms with Gasteiger partial charge in [0.15, 0.2) is 0 Å². The zero-order chi connectivity index (χ0) is 21.5. The van der Waals surface area contributed by atoms with Crippen molar-refractivity contribution in [2.24, 2.45) is 4.99 Å². The van der Waals surface area contributed by atoms with Crippen molar-refractivity contribution in [1.82, 2.24) is 9.97 Å². The number of rotatable bonds is 5. The minimum atomic E-state index is -0.645. The van der Waals surface area contributed by atoms with Gasteiger partial charge in [0.25, 0.3) is 0 Å². The Labute approximate surface area is 180 Å². The molecular formula is C22H26ClFN4O2. The summed E-state index contributed by atoms with van der Waals surface area (Å²) in [7, 11) is 0. The predicted octanol–water partition coefficient (Wildman–Crippen LogP) is 4.66. The third-order valence-corrected chi connectivity index (χ3v) is 6.69. The topological polar surface area (TPSA) is 79.6 Å². The summed E-state index contributed by atoms with van der Waals surface area (Å²) in [5, 5.41) is 13.6. The van der Waals surface area contributed by atoms with E-state index in [1.807, 2.05) is 13.0 Å². The molecule has 0 saturated carbocycles. The number of ether oxygens (including phenoxy) is 1. The number of anilines is 1. The fraction of sp³-hybridized carbons (Fsp3) is 0.500. The smallest absolute Gasteiger partial charge is 0.223 e. The van der Waals surface area contributed by atoms with Crippen LogP contribution in [0, 0.1) is 5.82 Å². The summed E-state index contributed by atoms with van der Waals surface area (Å²) < 4.78 is 20.3. The highest BCUT2D eigenvalue weighted by atomic mass is 35.5. The zero-order valence-corrected chi connectivity index (χ0v) is 18.1. The normalized spacial score (nSPS) is 22.5. The molecule has 4 rings (SSSR count). The van der Waals surface area contributed by atoms with Crippen LogP contribution in [0.1, 0.15) is 45.6 Å². The summed E-state index contributed by atoms with van der Waals surface area (Å²) in [5.74, 6) is -0.0411. The molecule has 0 spiro atoms. The first-order valence-corrected chi connectivity index (χ1v) is 10.7.